The van der Waals surface area contributed by atoms with Crippen molar-refractivity contribution in [2.45, 2.75) is 26.2 Å². The molecule has 1 aliphatic carbocycles. The summed E-state index contributed by atoms with van der Waals surface area (Å²) in [5.74, 6) is 1.03. The molecule has 8 heteroatoms. The molecule has 0 spiro atoms. The molecule has 4 rings (SSSR count). The number of nitrogens with zero attached hydrogens (tertiary/aromatic N) is 1. The van der Waals surface area contributed by atoms with Crippen molar-refractivity contribution in [3.8, 4) is 22.9 Å². The maximum atomic E-state index is 12.4. The van der Waals surface area contributed by atoms with E-state index in [9.17, 15) is 9.59 Å². The third kappa shape index (κ3) is 4.00. The minimum Gasteiger partial charge on any atom is -0.493 e. The third-order valence-corrected chi connectivity index (χ3v) is 5.88. The molecule has 0 saturated heterocycles. The van der Waals surface area contributed by atoms with Crippen molar-refractivity contribution in [3.05, 3.63) is 58.9 Å². The Morgan fingerprint density at radius 2 is 1.70 bits per heavy atom. The number of Topliss-reactive ketones (excluding diaryl/α,β-unsaturated/α-hetero) is 1. The summed E-state index contributed by atoms with van der Waals surface area (Å²) in [6.07, 6.45) is 2.22. The van der Waals surface area contributed by atoms with Crippen LogP contribution in [0.2, 0.25) is 0 Å². The van der Waals surface area contributed by atoms with E-state index in [1.807, 2.05) is 25.1 Å². The highest BCUT2D eigenvalue weighted by Gasteiger charge is 2.24. The Bertz CT molecular complexity index is 1220. The fraction of sp³-hybridized carbons (Fsp3) is 0.280. The number of anilines is 2. The van der Waals surface area contributed by atoms with Crippen molar-refractivity contribution in [1.82, 2.24) is 4.57 Å². The smallest absolute Gasteiger partial charge is 0.250 e. The lowest BCUT2D eigenvalue weighted by Gasteiger charge is -2.19. The summed E-state index contributed by atoms with van der Waals surface area (Å²) in [5, 5.41) is 3.27. The second-order valence-electron chi connectivity index (χ2n) is 7.89. The van der Waals surface area contributed by atoms with Gasteiger partial charge in [-0.15, -0.1) is 0 Å². The number of nitrogens with one attached hydrogen (secondary N) is 1. The van der Waals surface area contributed by atoms with E-state index in [-0.39, 0.29) is 5.78 Å². The van der Waals surface area contributed by atoms with Crippen molar-refractivity contribution >= 4 is 23.1 Å². The highest BCUT2D eigenvalue weighted by atomic mass is 16.5. The Morgan fingerprint density at radius 3 is 2.30 bits per heavy atom. The van der Waals surface area contributed by atoms with E-state index in [1.54, 1.807) is 18.2 Å². The molecular weight excluding hydrogens is 422 g/mol. The minimum atomic E-state index is -0.557. The third-order valence-electron chi connectivity index (χ3n) is 5.88. The summed E-state index contributed by atoms with van der Waals surface area (Å²) >= 11 is 0. The maximum absolute atomic E-state index is 12.4. The van der Waals surface area contributed by atoms with Gasteiger partial charge >= 0.3 is 0 Å². The van der Waals surface area contributed by atoms with Crippen LogP contribution in [0.3, 0.4) is 0 Å². The number of rotatable bonds is 7. The number of benzene rings is 2. The van der Waals surface area contributed by atoms with Gasteiger partial charge in [0, 0.05) is 46.9 Å². The van der Waals surface area contributed by atoms with Crippen molar-refractivity contribution in [1.29, 1.82) is 0 Å². The van der Waals surface area contributed by atoms with Gasteiger partial charge in [-0.25, -0.2) is 0 Å². The zero-order valence-electron chi connectivity index (χ0n) is 19.2. The highest BCUT2D eigenvalue weighted by molar-refractivity contribution is 6.00. The van der Waals surface area contributed by atoms with Gasteiger partial charge in [-0.1, -0.05) is 0 Å². The Labute approximate surface area is 192 Å². The molecule has 0 aliphatic heterocycles. The number of ketones is 1. The molecule has 1 aliphatic rings. The second-order valence-corrected chi connectivity index (χ2v) is 7.89. The van der Waals surface area contributed by atoms with E-state index < -0.39 is 5.91 Å². The van der Waals surface area contributed by atoms with Crippen LogP contribution in [0.15, 0.2) is 36.4 Å². The van der Waals surface area contributed by atoms with Crippen LogP contribution in [0.4, 0.5) is 11.4 Å². The lowest BCUT2D eigenvalue weighted by atomic mass is 9.96. The first-order chi connectivity index (χ1) is 15.9. The number of primary amides is 1. The van der Waals surface area contributed by atoms with E-state index >= 15 is 0 Å². The van der Waals surface area contributed by atoms with Crippen LogP contribution in [-0.4, -0.2) is 37.6 Å². The molecule has 0 saturated carbocycles. The summed E-state index contributed by atoms with van der Waals surface area (Å²) in [7, 11) is 4.61. The van der Waals surface area contributed by atoms with Crippen LogP contribution in [-0.2, 0) is 6.42 Å². The zero-order valence-corrected chi connectivity index (χ0v) is 19.2. The van der Waals surface area contributed by atoms with Gasteiger partial charge < -0.3 is 29.8 Å². The molecule has 0 fully saturated rings. The zero-order chi connectivity index (χ0) is 23.7. The summed E-state index contributed by atoms with van der Waals surface area (Å²) < 4.78 is 18.3. The summed E-state index contributed by atoms with van der Waals surface area (Å²) in [5.41, 5.74) is 10.7. The number of methoxy groups -OCH3 is 3. The topological polar surface area (TPSA) is 105 Å². The quantitative estimate of drug-likeness (QED) is 0.561. The van der Waals surface area contributed by atoms with E-state index in [0.717, 1.165) is 35.5 Å². The normalized spacial score (nSPS) is 12.8. The summed E-state index contributed by atoms with van der Waals surface area (Å²) in [6.45, 7) is 1.97. The van der Waals surface area contributed by atoms with Crippen LogP contribution in [0, 0.1) is 6.92 Å². The molecule has 8 nitrogen and oxygen atoms in total. The Morgan fingerprint density at radius 1 is 1.00 bits per heavy atom. The molecule has 1 heterocycles. The van der Waals surface area contributed by atoms with Crippen LogP contribution in [0.5, 0.6) is 17.2 Å². The molecule has 0 bridgehead atoms. The summed E-state index contributed by atoms with van der Waals surface area (Å²) in [4.78, 5) is 24.5. The fourth-order valence-electron chi connectivity index (χ4n) is 4.39. The largest absolute Gasteiger partial charge is 0.493 e. The molecule has 0 atom stereocenters. The van der Waals surface area contributed by atoms with Crippen LogP contribution in [0.1, 0.15) is 44.9 Å². The van der Waals surface area contributed by atoms with Crippen molar-refractivity contribution < 1.29 is 23.8 Å². The molecule has 0 radical (unpaired) electrons. The minimum absolute atomic E-state index is 0.169. The van der Waals surface area contributed by atoms with Gasteiger partial charge in [-0.3, -0.25) is 9.59 Å². The first-order valence-corrected chi connectivity index (χ1v) is 10.6. The molecule has 172 valence electrons. The van der Waals surface area contributed by atoms with Crippen molar-refractivity contribution in [2.24, 2.45) is 5.73 Å². The average Bonchev–Trinajstić information content (AvgIpc) is 3.15. The first-order valence-electron chi connectivity index (χ1n) is 10.6. The van der Waals surface area contributed by atoms with Gasteiger partial charge in [0.25, 0.3) is 5.91 Å². The van der Waals surface area contributed by atoms with Gasteiger partial charge in [0.2, 0.25) is 5.75 Å². The average molecular weight is 450 g/mol. The molecule has 1 aromatic heterocycles. The number of hydrogen-bond acceptors (Lipinski definition) is 6. The second kappa shape index (κ2) is 8.90. The number of aromatic nitrogens is 1. The molecule has 1 amide bonds. The molecule has 3 N–H and O–H groups in total. The highest BCUT2D eigenvalue weighted by Crippen LogP contribution is 2.41. The molecule has 2 aromatic carbocycles. The number of amides is 1. The van der Waals surface area contributed by atoms with Gasteiger partial charge in [0.15, 0.2) is 17.3 Å². The number of nitrogens with two attached hydrogens (primary N) is 1. The molecular formula is C25H27N3O5. The monoisotopic (exact) mass is 449 g/mol. The Kier molecular flexibility index (Phi) is 6.00. The van der Waals surface area contributed by atoms with Crippen LogP contribution < -0.4 is 25.3 Å². The van der Waals surface area contributed by atoms with Gasteiger partial charge in [0.05, 0.1) is 32.6 Å². The SMILES string of the molecule is COc1cc(Nc2cc(-n3c(C)cc4c3CCCC4=O)ccc2C(N)=O)cc(OC)c1OC. The van der Waals surface area contributed by atoms with E-state index in [0.29, 0.717) is 40.6 Å². The number of aryl methyl sites for hydroxylation is 1. The van der Waals surface area contributed by atoms with Crippen molar-refractivity contribution in [3.63, 3.8) is 0 Å². The van der Waals surface area contributed by atoms with Gasteiger partial charge in [-0.05, 0) is 44.0 Å². The maximum Gasteiger partial charge on any atom is 0.250 e. The van der Waals surface area contributed by atoms with Crippen LogP contribution in [0.25, 0.3) is 5.69 Å². The predicted octanol–water partition coefficient (Wildman–Crippen LogP) is 4.17. The van der Waals surface area contributed by atoms with Gasteiger partial charge in [0.1, 0.15) is 0 Å². The number of fused-ring (bicyclic) bond motifs is 1. The fourth-order valence-corrected chi connectivity index (χ4v) is 4.39. The lowest BCUT2D eigenvalue weighted by molar-refractivity contribution is 0.0970. The summed E-state index contributed by atoms with van der Waals surface area (Å²) in [6, 6.07) is 10.8. The number of ether oxygens (including phenoxy) is 3. The standard InChI is InChI=1S/C25H27N3O5/c1-14-10-18-20(6-5-7-21(18)29)28(14)16-8-9-17(25(26)30)19(13-16)27-15-11-22(31-2)24(33-4)23(12-15)32-3/h8-13,27H,5-7H2,1-4H3,(H2,26,30). The van der Waals surface area contributed by atoms with Crippen LogP contribution >= 0.6 is 0 Å². The lowest BCUT2D eigenvalue weighted by Crippen LogP contribution is -2.15. The number of carbonyl (C=O) groups is 2. The first kappa shape index (κ1) is 22.3. The van der Waals surface area contributed by atoms with Crippen molar-refractivity contribution in [2.75, 3.05) is 26.6 Å². The molecule has 33 heavy (non-hydrogen) atoms. The molecule has 3 aromatic rings. The Balaban J connectivity index is 1.82. The number of hydrogen-bond donors (Lipinski definition) is 2. The molecule has 0 unspecified atom stereocenters. The van der Waals surface area contributed by atoms with E-state index in [1.165, 1.54) is 21.3 Å². The predicted molar refractivity (Wildman–Crippen MR) is 126 cm³/mol. The van der Waals surface area contributed by atoms with E-state index in [2.05, 4.69) is 9.88 Å². The Hall–Kier alpha value is -3.94. The van der Waals surface area contributed by atoms with Gasteiger partial charge in [-0.2, -0.15) is 0 Å². The van der Waals surface area contributed by atoms with E-state index in [4.69, 9.17) is 19.9 Å². The number of carbonyl (C=O) groups excluding carboxylic acids is 2.